The molecule has 1 unspecified atom stereocenters. The molecule has 138 valence electrons. The smallest absolute Gasteiger partial charge is 0.227 e. The minimum absolute atomic E-state index is 0.0335. The minimum atomic E-state index is -0.466. The summed E-state index contributed by atoms with van der Waals surface area (Å²) in [5.41, 5.74) is 0.198. The van der Waals surface area contributed by atoms with Crippen molar-refractivity contribution in [3.8, 4) is 5.75 Å². The van der Waals surface area contributed by atoms with Crippen molar-refractivity contribution in [2.24, 2.45) is 5.41 Å². The minimum Gasteiger partial charge on any atom is -0.497 e. The van der Waals surface area contributed by atoms with Gasteiger partial charge in [-0.05, 0) is 50.6 Å². The lowest BCUT2D eigenvalue weighted by molar-refractivity contribution is -0.133. The second-order valence-electron chi connectivity index (χ2n) is 6.78. The fourth-order valence-corrected chi connectivity index (χ4v) is 3.22. The molecule has 1 heterocycles. The predicted molar refractivity (Wildman–Crippen MR) is 96.0 cm³/mol. The Kier molecular flexibility index (Phi) is 6.96. The van der Waals surface area contributed by atoms with Crippen LogP contribution in [0.1, 0.15) is 30.1 Å². The molecule has 0 aliphatic carbocycles. The summed E-state index contributed by atoms with van der Waals surface area (Å²) in [7, 11) is 3.21. The number of carbonyl (C=O) groups is 2. The van der Waals surface area contributed by atoms with Crippen molar-refractivity contribution in [2.75, 3.05) is 47.0 Å². The van der Waals surface area contributed by atoms with Crippen molar-refractivity contribution in [3.63, 3.8) is 0 Å². The van der Waals surface area contributed by atoms with E-state index in [1.54, 1.807) is 38.5 Å². The van der Waals surface area contributed by atoms with Gasteiger partial charge in [0.05, 0.1) is 25.7 Å². The molecule has 1 aromatic carbocycles. The Morgan fingerprint density at radius 2 is 1.96 bits per heavy atom. The van der Waals surface area contributed by atoms with Gasteiger partial charge in [0.25, 0.3) is 0 Å². The first-order valence-corrected chi connectivity index (χ1v) is 8.65. The predicted octanol–water partition coefficient (Wildman–Crippen LogP) is 1.74. The second kappa shape index (κ2) is 8.97. The van der Waals surface area contributed by atoms with Crippen molar-refractivity contribution in [3.05, 3.63) is 29.8 Å². The normalized spacial score (nSPS) is 20.9. The molecule has 1 fully saturated rings. The molecule has 1 atom stereocenters. The van der Waals surface area contributed by atoms with Gasteiger partial charge in [-0.25, -0.2) is 0 Å². The zero-order valence-corrected chi connectivity index (χ0v) is 15.3. The van der Waals surface area contributed by atoms with Crippen LogP contribution in [0, 0.1) is 5.41 Å². The Bertz CT molecular complexity index is 588. The van der Waals surface area contributed by atoms with E-state index in [1.165, 1.54) is 0 Å². The van der Waals surface area contributed by atoms with Gasteiger partial charge in [-0.15, -0.1) is 0 Å². The number of rotatable bonds is 8. The van der Waals surface area contributed by atoms with Crippen LogP contribution in [0.25, 0.3) is 0 Å². The SMILES string of the molecule is COCCNC(=O)C1(C)CCCN(CC(=O)c2ccc(OC)cc2)C1. The lowest BCUT2D eigenvalue weighted by Crippen LogP contribution is -2.51. The molecule has 1 aliphatic heterocycles. The van der Waals surface area contributed by atoms with Crippen molar-refractivity contribution in [1.82, 2.24) is 10.2 Å². The topological polar surface area (TPSA) is 67.9 Å². The van der Waals surface area contributed by atoms with Crippen LogP contribution in [-0.2, 0) is 9.53 Å². The molecule has 1 saturated heterocycles. The number of piperidine rings is 1. The van der Waals surface area contributed by atoms with E-state index in [-0.39, 0.29) is 11.7 Å². The van der Waals surface area contributed by atoms with Crippen LogP contribution >= 0.6 is 0 Å². The summed E-state index contributed by atoms with van der Waals surface area (Å²) in [6, 6.07) is 7.14. The molecule has 6 heteroatoms. The molecule has 1 amide bonds. The van der Waals surface area contributed by atoms with Crippen LogP contribution in [0.4, 0.5) is 0 Å². The van der Waals surface area contributed by atoms with E-state index in [0.29, 0.717) is 31.8 Å². The van der Waals surface area contributed by atoms with Gasteiger partial charge >= 0.3 is 0 Å². The number of methoxy groups -OCH3 is 2. The first-order chi connectivity index (χ1) is 12.0. The Balaban J connectivity index is 1.93. The number of benzene rings is 1. The van der Waals surface area contributed by atoms with Gasteiger partial charge in [0, 0.05) is 25.8 Å². The van der Waals surface area contributed by atoms with Gasteiger partial charge in [-0.1, -0.05) is 0 Å². The highest BCUT2D eigenvalue weighted by atomic mass is 16.5. The molecular formula is C19H28N2O4. The molecule has 1 aromatic rings. The van der Waals surface area contributed by atoms with Gasteiger partial charge < -0.3 is 14.8 Å². The summed E-state index contributed by atoms with van der Waals surface area (Å²) in [6.45, 7) is 4.74. The van der Waals surface area contributed by atoms with Gasteiger partial charge in [-0.3, -0.25) is 14.5 Å². The van der Waals surface area contributed by atoms with Gasteiger partial charge in [-0.2, -0.15) is 0 Å². The summed E-state index contributed by atoms with van der Waals surface area (Å²) in [6.07, 6.45) is 1.74. The largest absolute Gasteiger partial charge is 0.497 e. The Hall–Kier alpha value is -1.92. The number of hydrogen-bond donors (Lipinski definition) is 1. The molecule has 6 nitrogen and oxygen atoms in total. The van der Waals surface area contributed by atoms with Crippen LogP contribution < -0.4 is 10.1 Å². The Morgan fingerprint density at radius 3 is 2.60 bits per heavy atom. The van der Waals surface area contributed by atoms with Gasteiger partial charge in [0.1, 0.15) is 5.75 Å². The van der Waals surface area contributed by atoms with Crippen LogP contribution in [0.5, 0.6) is 5.75 Å². The summed E-state index contributed by atoms with van der Waals surface area (Å²) in [5.74, 6) is 0.827. The monoisotopic (exact) mass is 348 g/mol. The number of Topliss-reactive ketones (excluding diaryl/α,β-unsaturated/α-hetero) is 1. The number of carbonyl (C=O) groups excluding carboxylic acids is 2. The fourth-order valence-electron chi connectivity index (χ4n) is 3.22. The van der Waals surface area contributed by atoms with E-state index in [9.17, 15) is 9.59 Å². The number of likely N-dealkylation sites (tertiary alicyclic amines) is 1. The fraction of sp³-hybridized carbons (Fsp3) is 0.579. The van der Waals surface area contributed by atoms with E-state index in [0.717, 1.165) is 25.1 Å². The average molecular weight is 348 g/mol. The first-order valence-electron chi connectivity index (χ1n) is 8.65. The van der Waals surface area contributed by atoms with Crippen LogP contribution in [0.15, 0.2) is 24.3 Å². The summed E-state index contributed by atoms with van der Waals surface area (Å²) < 4.78 is 10.1. The number of ether oxygens (including phenoxy) is 2. The maximum atomic E-state index is 12.5. The Morgan fingerprint density at radius 1 is 1.24 bits per heavy atom. The first kappa shape index (κ1) is 19.4. The van der Waals surface area contributed by atoms with Crippen LogP contribution in [0.3, 0.4) is 0 Å². The highest BCUT2D eigenvalue weighted by molar-refractivity contribution is 5.97. The maximum absolute atomic E-state index is 12.5. The summed E-state index contributed by atoms with van der Waals surface area (Å²) in [4.78, 5) is 27.1. The molecule has 0 radical (unpaired) electrons. The maximum Gasteiger partial charge on any atom is 0.227 e. The van der Waals surface area contributed by atoms with Crippen LogP contribution in [-0.4, -0.2) is 63.6 Å². The molecule has 0 saturated carbocycles. The third kappa shape index (κ3) is 5.28. The average Bonchev–Trinajstić information content (AvgIpc) is 2.62. The quantitative estimate of drug-likeness (QED) is 0.573. The van der Waals surface area contributed by atoms with Crippen LogP contribution in [0.2, 0.25) is 0 Å². The molecule has 1 N–H and O–H groups in total. The van der Waals surface area contributed by atoms with Crippen molar-refractivity contribution < 1.29 is 19.1 Å². The third-order valence-corrected chi connectivity index (χ3v) is 4.69. The van der Waals surface area contributed by atoms with Crippen molar-refractivity contribution >= 4 is 11.7 Å². The highest BCUT2D eigenvalue weighted by Gasteiger charge is 2.38. The third-order valence-electron chi connectivity index (χ3n) is 4.69. The molecular weight excluding hydrogens is 320 g/mol. The number of ketones is 1. The standard InChI is InChI=1S/C19H28N2O4/c1-19(18(23)20-10-12-24-2)9-4-11-21(14-19)13-17(22)15-5-7-16(25-3)8-6-15/h5-8H,4,9-14H2,1-3H3,(H,20,23). The molecule has 0 spiro atoms. The number of nitrogens with zero attached hydrogens (tertiary/aromatic N) is 1. The zero-order valence-electron chi connectivity index (χ0n) is 15.3. The van der Waals surface area contributed by atoms with E-state index in [1.807, 2.05) is 6.92 Å². The number of hydrogen-bond acceptors (Lipinski definition) is 5. The van der Waals surface area contributed by atoms with Gasteiger partial charge in [0.2, 0.25) is 5.91 Å². The molecule has 0 bridgehead atoms. The molecule has 2 rings (SSSR count). The summed E-state index contributed by atoms with van der Waals surface area (Å²) in [5, 5.41) is 2.92. The molecule has 0 aromatic heterocycles. The second-order valence-corrected chi connectivity index (χ2v) is 6.78. The Labute approximate surface area is 149 Å². The lowest BCUT2D eigenvalue weighted by Gasteiger charge is -2.39. The zero-order chi connectivity index (χ0) is 18.3. The molecule has 25 heavy (non-hydrogen) atoms. The highest BCUT2D eigenvalue weighted by Crippen LogP contribution is 2.29. The van der Waals surface area contributed by atoms with Crippen molar-refractivity contribution in [1.29, 1.82) is 0 Å². The van der Waals surface area contributed by atoms with E-state index < -0.39 is 5.41 Å². The lowest BCUT2D eigenvalue weighted by atomic mass is 9.81. The van der Waals surface area contributed by atoms with E-state index in [4.69, 9.17) is 9.47 Å². The van der Waals surface area contributed by atoms with Gasteiger partial charge in [0.15, 0.2) is 5.78 Å². The number of amides is 1. The van der Waals surface area contributed by atoms with E-state index in [2.05, 4.69) is 10.2 Å². The van der Waals surface area contributed by atoms with Crippen molar-refractivity contribution in [2.45, 2.75) is 19.8 Å². The number of nitrogens with one attached hydrogen (secondary N) is 1. The molecule has 1 aliphatic rings. The summed E-state index contributed by atoms with van der Waals surface area (Å²) >= 11 is 0. The van der Waals surface area contributed by atoms with E-state index >= 15 is 0 Å².